The fraction of sp³-hybridized carbons (Fsp3) is 0. The lowest BCUT2D eigenvalue weighted by Crippen LogP contribution is -1.81. The molecular formula is C7H2Cl2OS2. The maximum Gasteiger partial charge on any atom is 0.263 e. The minimum Gasteiger partial charge on any atom is -0.275 e. The maximum absolute atomic E-state index is 10.8. The lowest BCUT2D eigenvalue weighted by Gasteiger charge is -1.85. The standard InChI is InChI=1S/C7H2Cl2OS2/c8-4-3-1-2-11-7(3)12-5(4)6(9)10/h1-2H. The molecule has 0 aliphatic heterocycles. The highest BCUT2D eigenvalue weighted by Crippen LogP contribution is 2.39. The number of halogens is 2. The molecule has 2 aromatic rings. The van der Waals surface area contributed by atoms with Crippen molar-refractivity contribution in [2.24, 2.45) is 0 Å². The van der Waals surface area contributed by atoms with Gasteiger partial charge in [-0.15, -0.1) is 22.7 Å². The largest absolute Gasteiger partial charge is 0.275 e. The molecule has 0 spiro atoms. The second kappa shape index (κ2) is 3.00. The predicted molar refractivity (Wildman–Crippen MR) is 54.9 cm³/mol. The first-order chi connectivity index (χ1) is 5.70. The van der Waals surface area contributed by atoms with Crippen LogP contribution in [0.25, 0.3) is 9.40 Å². The molecule has 0 radical (unpaired) electrons. The van der Waals surface area contributed by atoms with Crippen molar-refractivity contribution in [2.45, 2.75) is 0 Å². The zero-order chi connectivity index (χ0) is 8.72. The molecule has 0 atom stereocenters. The Labute approximate surface area is 86.5 Å². The fourth-order valence-electron chi connectivity index (χ4n) is 0.923. The second-order valence-electron chi connectivity index (χ2n) is 2.14. The van der Waals surface area contributed by atoms with Crippen LogP contribution in [0.1, 0.15) is 9.67 Å². The molecule has 62 valence electrons. The van der Waals surface area contributed by atoms with Gasteiger partial charge in [-0.2, -0.15) is 0 Å². The SMILES string of the molecule is O=C(Cl)c1sc2sccc2c1Cl. The Hall–Kier alpha value is -0.0900. The Morgan fingerprint density at radius 2 is 2.25 bits per heavy atom. The van der Waals surface area contributed by atoms with Crippen LogP contribution in [0, 0.1) is 0 Å². The van der Waals surface area contributed by atoms with Gasteiger partial charge in [0.05, 0.1) is 9.04 Å². The summed E-state index contributed by atoms with van der Waals surface area (Å²) in [5, 5.41) is 2.87. The summed E-state index contributed by atoms with van der Waals surface area (Å²) in [5.41, 5.74) is 0. The Morgan fingerprint density at radius 1 is 1.50 bits per heavy atom. The summed E-state index contributed by atoms with van der Waals surface area (Å²) in [7, 11) is 0. The van der Waals surface area contributed by atoms with Crippen LogP contribution in [0.4, 0.5) is 0 Å². The van der Waals surface area contributed by atoms with Crippen LogP contribution < -0.4 is 0 Å². The molecule has 0 bridgehead atoms. The highest BCUT2D eigenvalue weighted by atomic mass is 35.5. The highest BCUT2D eigenvalue weighted by molar-refractivity contribution is 7.39. The molecule has 0 fully saturated rings. The molecule has 1 nitrogen and oxygen atoms in total. The average Bonchev–Trinajstić information content (AvgIpc) is 2.53. The number of hydrogen-bond acceptors (Lipinski definition) is 3. The summed E-state index contributed by atoms with van der Waals surface area (Å²) < 4.78 is 1.05. The molecule has 2 heterocycles. The van der Waals surface area contributed by atoms with E-state index in [0.29, 0.717) is 9.90 Å². The summed E-state index contributed by atoms with van der Waals surface area (Å²) in [6.07, 6.45) is 0. The summed E-state index contributed by atoms with van der Waals surface area (Å²) in [5.74, 6) is 0. The molecule has 0 aliphatic carbocycles. The molecular weight excluding hydrogens is 235 g/mol. The molecule has 2 aromatic heterocycles. The van der Waals surface area contributed by atoms with Crippen LogP contribution in [0.2, 0.25) is 5.02 Å². The Kier molecular flexibility index (Phi) is 2.12. The molecule has 0 aromatic carbocycles. The lowest BCUT2D eigenvalue weighted by molar-refractivity contribution is 0.108. The number of carbonyl (C=O) groups excluding carboxylic acids is 1. The van der Waals surface area contributed by atoms with Gasteiger partial charge < -0.3 is 0 Å². The predicted octanol–water partition coefficient (Wildman–Crippen LogP) is 4.00. The van der Waals surface area contributed by atoms with Gasteiger partial charge in [-0.05, 0) is 23.0 Å². The van der Waals surface area contributed by atoms with Crippen molar-refractivity contribution in [3.63, 3.8) is 0 Å². The van der Waals surface area contributed by atoms with Crippen LogP contribution in [0.5, 0.6) is 0 Å². The van der Waals surface area contributed by atoms with Gasteiger partial charge in [0.2, 0.25) is 0 Å². The molecule has 0 unspecified atom stereocenters. The topological polar surface area (TPSA) is 17.1 Å². The summed E-state index contributed by atoms with van der Waals surface area (Å²) in [4.78, 5) is 11.3. The quantitative estimate of drug-likeness (QED) is 0.685. The minimum absolute atomic E-state index is 0.445. The van der Waals surface area contributed by atoms with E-state index in [1.807, 2.05) is 11.4 Å². The molecule has 0 aliphatic rings. The minimum atomic E-state index is -0.478. The lowest BCUT2D eigenvalue weighted by atomic mass is 10.4. The Morgan fingerprint density at radius 3 is 2.83 bits per heavy atom. The van der Waals surface area contributed by atoms with Gasteiger partial charge in [-0.25, -0.2) is 0 Å². The van der Waals surface area contributed by atoms with Gasteiger partial charge in [-0.1, -0.05) is 11.6 Å². The van der Waals surface area contributed by atoms with E-state index in [4.69, 9.17) is 23.2 Å². The number of hydrogen-bond donors (Lipinski definition) is 0. The fourth-order valence-corrected chi connectivity index (χ4v) is 3.63. The van der Waals surface area contributed by atoms with Crippen LogP contribution in [0.3, 0.4) is 0 Å². The van der Waals surface area contributed by atoms with E-state index in [-0.39, 0.29) is 0 Å². The average molecular weight is 237 g/mol. The van der Waals surface area contributed by atoms with Gasteiger partial charge in [0.25, 0.3) is 5.24 Å². The third-order valence-electron chi connectivity index (χ3n) is 1.44. The smallest absolute Gasteiger partial charge is 0.263 e. The highest BCUT2D eigenvalue weighted by Gasteiger charge is 2.15. The number of thiophene rings is 2. The first kappa shape index (κ1) is 8.51. The van der Waals surface area contributed by atoms with Crippen molar-refractivity contribution in [1.82, 2.24) is 0 Å². The molecule has 0 saturated carbocycles. The zero-order valence-electron chi connectivity index (χ0n) is 5.64. The van der Waals surface area contributed by atoms with E-state index in [1.165, 1.54) is 11.3 Å². The summed E-state index contributed by atoms with van der Waals surface area (Å²) >= 11 is 14.1. The third kappa shape index (κ3) is 1.17. The first-order valence-electron chi connectivity index (χ1n) is 3.05. The molecule has 5 heteroatoms. The third-order valence-corrected chi connectivity index (χ3v) is 4.49. The van der Waals surface area contributed by atoms with Crippen molar-refractivity contribution in [1.29, 1.82) is 0 Å². The first-order valence-corrected chi connectivity index (χ1v) is 5.50. The van der Waals surface area contributed by atoms with E-state index in [0.717, 1.165) is 9.40 Å². The van der Waals surface area contributed by atoms with E-state index in [1.54, 1.807) is 11.3 Å². The van der Waals surface area contributed by atoms with E-state index < -0.39 is 5.24 Å². The monoisotopic (exact) mass is 236 g/mol. The zero-order valence-corrected chi connectivity index (χ0v) is 8.78. The summed E-state index contributed by atoms with van der Waals surface area (Å²) in [6.45, 7) is 0. The van der Waals surface area contributed by atoms with Crippen LogP contribution >= 0.6 is 45.9 Å². The van der Waals surface area contributed by atoms with Gasteiger partial charge in [0.1, 0.15) is 4.88 Å². The maximum atomic E-state index is 10.8. The molecule has 12 heavy (non-hydrogen) atoms. The molecule has 0 N–H and O–H groups in total. The van der Waals surface area contributed by atoms with Crippen LogP contribution in [-0.4, -0.2) is 5.24 Å². The van der Waals surface area contributed by atoms with Crippen molar-refractivity contribution in [3.8, 4) is 0 Å². The normalized spacial score (nSPS) is 10.8. The number of fused-ring (bicyclic) bond motifs is 1. The molecule has 2 rings (SSSR count). The number of carbonyl (C=O) groups is 1. The van der Waals surface area contributed by atoms with Crippen molar-refractivity contribution < 1.29 is 4.79 Å². The van der Waals surface area contributed by atoms with Crippen LogP contribution in [0.15, 0.2) is 11.4 Å². The van der Waals surface area contributed by atoms with Crippen molar-refractivity contribution in [3.05, 3.63) is 21.3 Å². The van der Waals surface area contributed by atoms with Gasteiger partial charge in [-0.3, -0.25) is 4.79 Å². The Balaban J connectivity index is 2.78. The van der Waals surface area contributed by atoms with Gasteiger partial charge >= 0.3 is 0 Å². The van der Waals surface area contributed by atoms with E-state index in [9.17, 15) is 4.79 Å². The number of rotatable bonds is 1. The second-order valence-corrected chi connectivity index (χ2v) is 5.06. The summed E-state index contributed by atoms with van der Waals surface area (Å²) in [6, 6.07) is 1.89. The molecule has 0 saturated heterocycles. The Bertz CT molecular complexity index is 443. The van der Waals surface area contributed by atoms with Crippen molar-refractivity contribution >= 4 is 60.5 Å². The van der Waals surface area contributed by atoms with Crippen molar-refractivity contribution in [2.75, 3.05) is 0 Å². The van der Waals surface area contributed by atoms with E-state index >= 15 is 0 Å². The molecule has 0 amide bonds. The van der Waals surface area contributed by atoms with E-state index in [2.05, 4.69) is 0 Å². The van der Waals surface area contributed by atoms with Crippen LogP contribution in [-0.2, 0) is 0 Å². The van der Waals surface area contributed by atoms with Gasteiger partial charge in [0.15, 0.2) is 0 Å². The van der Waals surface area contributed by atoms with Gasteiger partial charge in [0, 0.05) is 5.39 Å².